The average Bonchev–Trinajstić information content (AvgIpc) is 3.56. The number of nitrogens with one attached hydrogen (secondary N) is 2. The van der Waals surface area contributed by atoms with Crippen LogP contribution in [0.5, 0.6) is 5.75 Å². The molecule has 1 aromatic heterocycles. The molecule has 4 rings (SSSR count). The maximum Gasteiger partial charge on any atom is 0.413 e. The molecule has 1 atom stereocenters. The third kappa shape index (κ3) is 10.9. The number of rotatable bonds is 14. The average molecular weight is 706 g/mol. The highest BCUT2D eigenvalue weighted by Gasteiger charge is 2.40. The fourth-order valence-electron chi connectivity index (χ4n) is 4.65. The normalized spacial score (nSPS) is 13.3. The number of carbonyl (C=O) groups excluding carboxylic acids is 5. The molecule has 15 heteroatoms. The summed E-state index contributed by atoms with van der Waals surface area (Å²) < 4.78 is 23.3. The Morgan fingerprint density at radius 1 is 0.882 bits per heavy atom. The fraction of sp³-hybridized carbons (Fsp3) is 0.389. The summed E-state index contributed by atoms with van der Waals surface area (Å²) in [6.45, 7) is 14.3. The van der Waals surface area contributed by atoms with Gasteiger partial charge in [-0.05, 0) is 77.8 Å². The van der Waals surface area contributed by atoms with Crippen molar-refractivity contribution in [2.24, 2.45) is 0 Å². The highest BCUT2D eigenvalue weighted by Crippen LogP contribution is 2.30. The van der Waals surface area contributed by atoms with E-state index in [2.05, 4.69) is 22.3 Å². The number of ether oxygens (including phenoxy) is 4. The van der Waals surface area contributed by atoms with Crippen LogP contribution < -0.4 is 15.4 Å². The number of fused-ring (bicyclic) bond motifs is 1. The number of hydroxylamine groups is 2. The number of aryl methyl sites for hydroxylation is 1. The van der Waals surface area contributed by atoms with Gasteiger partial charge in [0.05, 0.1) is 11.1 Å². The summed E-state index contributed by atoms with van der Waals surface area (Å²) >= 11 is 0. The van der Waals surface area contributed by atoms with Gasteiger partial charge in [0.15, 0.2) is 5.82 Å². The van der Waals surface area contributed by atoms with E-state index in [9.17, 15) is 24.0 Å². The van der Waals surface area contributed by atoms with Crippen molar-refractivity contribution >= 4 is 35.8 Å². The number of hydrogen-bond donors (Lipinski definition) is 2. The molecule has 4 amide bonds. The number of anilines is 1. The van der Waals surface area contributed by atoms with Gasteiger partial charge >= 0.3 is 18.2 Å². The minimum absolute atomic E-state index is 0.00522. The summed E-state index contributed by atoms with van der Waals surface area (Å²) in [5.74, 6) is -1.67. The van der Waals surface area contributed by atoms with Gasteiger partial charge in [-0.15, -0.1) is 5.06 Å². The molecule has 0 aliphatic carbocycles. The molecule has 2 aromatic carbocycles. The Bertz CT molecular complexity index is 1720. The quantitative estimate of drug-likeness (QED) is 0.0710. The minimum Gasteiger partial charge on any atom is -0.490 e. The van der Waals surface area contributed by atoms with Crippen LogP contribution in [-0.4, -0.2) is 81.9 Å². The molecule has 0 saturated heterocycles. The first-order chi connectivity index (χ1) is 24.0. The van der Waals surface area contributed by atoms with Crippen molar-refractivity contribution in [2.45, 2.75) is 71.8 Å². The van der Waals surface area contributed by atoms with E-state index in [4.69, 9.17) is 23.8 Å². The number of esters is 1. The lowest BCUT2D eigenvalue weighted by atomic mass is 10.1. The zero-order valence-electron chi connectivity index (χ0n) is 29.5. The molecule has 3 aromatic rings. The Morgan fingerprint density at radius 2 is 1.51 bits per heavy atom. The molecule has 0 fully saturated rings. The maximum absolute atomic E-state index is 13.1. The molecule has 1 aliphatic rings. The van der Waals surface area contributed by atoms with Gasteiger partial charge in [0.2, 0.25) is 6.10 Å². The van der Waals surface area contributed by atoms with Crippen LogP contribution in [0.25, 0.3) is 11.1 Å². The monoisotopic (exact) mass is 705 g/mol. The van der Waals surface area contributed by atoms with Crippen LogP contribution in [0.3, 0.4) is 0 Å². The molecular formula is C36H43N5O10. The predicted octanol–water partition coefficient (Wildman–Crippen LogP) is 5.52. The van der Waals surface area contributed by atoms with E-state index in [1.807, 2.05) is 0 Å². The molecule has 15 nitrogen and oxygen atoms in total. The van der Waals surface area contributed by atoms with Crippen molar-refractivity contribution in [2.75, 3.05) is 25.1 Å². The second-order valence-corrected chi connectivity index (χ2v) is 13.4. The third-order valence-electron chi connectivity index (χ3n) is 6.77. The van der Waals surface area contributed by atoms with E-state index in [1.165, 1.54) is 18.2 Å². The summed E-state index contributed by atoms with van der Waals surface area (Å²) in [6.07, 6.45) is 0.987. The Morgan fingerprint density at radius 3 is 2.10 bits per heavy atom. The highest BCUT2D eigenvalue weighted by atomic mass is 16.7. The third-order valence-corrected chi connectivity index (χ3v) is 6.77. The van der Waals surface area contributed by atoms with Gasteiger partial charge < -0.3 is 24.3 Å². The summed E-state index contributed by atoms with van der Waals surface area (Å²) in [5, 5.41) is 10.4. The first-order valence-electron chi connectivity index (χ1n) is 16.2. The van der Waals surface area contributed by atoms with Crippen LogP contribution in [-0.2, 0) is 30.4 Å². The molecule has 1 aliphatic heterocycles. The van der Waals surface area contributed by atoms with Crippen molar-refractivity contribution in [3.63, 3.8) is 0 Å². The second kappa shape index (κ2) is 16.3. The van der Waals surface area contributed by atoms with Crippen LogP contribution >= 0.6 is 0 Å². The number of hydrogen-bond acceptors (Lipinski definition) is 11. The minimum atomic E-state index is -1.47. The van der Waals surface area contributed by atoms with Gasteiger partial charge in [-0.25, -0.2) is 19.2 Å². The fourth-order valence-corrected chi connectivity index (χ4v) is 4.65. The van der Waals surface area contributed by atoms with Crippen LogP contribution in [0.15, 0.2) is 67.4 Å². The number of aromatic nitrogens is 2. The Hall–Kier alpha value is -5.70. The summed E-state index contributed by atoms with van der Waals surface area (Å²) in [4.78, 5) is 68.9. The van der Waals surface area contributed by atoms with Gasteiger partial charge in [-0.1, -0.05) is 36.9 Å². The number of benzene rings is 2. The molecule has 0 bridgehead atoms. The maximum atomic E-state index is 13.1. The molecule has 51 heavy (non-hydrogen) atoms. The Labute approximate surface area is 295 Å². The van der Waals surface area contributed by atoms with Crippen LogP contribution in [0, 0.1) is 0 Å². The standard InChI is InChI=1S/C36H43N5O10/c1-8-20-47-34(46)38-29-27(21-40(39-29)19-11-18-37-33(45)50-36(5,6)7)23-14-16-24(17-15-23)48-22-28(32(44)49-35(2,3)4)51-41-30(42)25-12-9-10-13-26(25)31(41)43/h8-10,12-17,21,28H,1,11,18-20,22H2,2-7H3,(H,37,45)(H,38,39,46). The lowest BCUT2D eigenvalue weighted by Crippen LogP contribution is -2.43. The molecule has 2 N–H and O–H groups in total. The van der Waals surface area contributed by atoms with Crippen LogP contribution in [0.1, 0.15) is 68.7 Å². The summed E-state index contributed by atoms with van der Waals surface area (Å²) in [6, 6.07) is 12.9. The van der Waals surface area contributed by atoms with Gasteiger partial charge in [-0.3, -0.25) is 19.6 Å². The Balaban J connectivity index is 1.46. The van der Waals surface area contributed by atoms with Crippen molar-refractivity contribution < 1.29 is 47.8 Å². The second-order valence-electron chi connectivity index (χ2n) is 13.4. The molecule has 0 saturated carbocycles. The van der Waals surface area contributed by atoms with Gasteiger partial charge in [0.1, 0.15) is 30.2 Å². The van der Waals surface area contributed by atoms with Gasteiger partial charge in [-0.2, -0.15) is 5.10 Å². The smallest absolute Gasteiger partial charge is 0.413 e. The lowest BCUT2D eigenvalue weighted by molar-refractivity contribution is -0.193. The summed E-state index contributed by atoms with van der Waals surface area (Å²) in [5.41, 5.74) is 0.0440. The van der Waals surface area contributed by atoms with Crippen molar-refractivity contribution in [1.82, 2.24) is 20.2 Å². The molecule has 0 spiro atoms. The Kier molecular flexibility index (Phi) is 12.2. The van der Waals surface area contributed by atoms with Crippen molar-refractivity contribution in [3.05, 3.63) is 78.5 Å². The first-order valence-corrected chi connectivity index (χ1v) is 16.2. The van der Waals surface area contributed by atoms with E-state index < -0.39 is 53.9 Å². The molecule has 1 unspecified atom stereocenters. The van der Waals surface area contributed by atoms with E-state index in [1.54, 1.807) is 88.8 Å². The van der Waals surface area contributed by atoms with E-state index in [0.29, 0.717) is 41.4 Å². The number of nitrogens with zero attached hydrogens (tertiary/aromatic N) is 3. The summed E-state index contributed by atoms with van der Waals surface area (Å²) in [7, 11) is 0. The van der Waals surface area contributed by atoms with Crippen molar-refractivity contribution in [1.29, 1.82) is 0 Å². The molecular weight excluding hydrogens is 662 g/mol. The van der Waals surface area contributed by atoms with E-state index >= 15 is 0 Å². The van der Waals surface area contributed by atoms with E-state index in [-0.39, 0.29) is 23.6 Å². The zero-order valence-corrected chi connectivity index (χ0v) is 29.5. The van der Waals surface area contributed by atoms with Gasteiger partial charge in [0.25, 0.3) is 11.8 Å². The highest BCUT2D eigenvalue weighted by molar-refractivity contribution is 6.20. The molecule has 0 radical (unpaired) electrons. The van der Waals surface area contributed by atoms with E-state index in [0.717, 1.165) is 0 Å². The van der Waals surface area contributed by atoms with Crippen LogP contribution in [0.2, 0.25) is 0 Å². The van der Waals surface area contributed by atoms with Crippen LogP contribution in [0.4, 0.5) is 15.4 Å². The topological polar surface area (TPSA) is 177 Å². The van der Waals surface area contributed by atoms with Gasteiger partial charge in [0, 0.05) is 24.8 Å². The predicted molar refractivity (Wildman–Crippen MR) is 185 cm³/mol. The lowest BCUT2D eigenvalue weighted by Gasteiger charge is -2.26. The largest absolute Gasteiger partial charge is 0.490 e. The zero-order chi connectivity index (χ0) is 37.3. The molecule has 2 heterocycles. The number of amides is 4. The van der Waals surface area contributed by atoms with Crippen molar-refractivity contribution in [3.8, 4) is 16.9 Å². The molecule has 272 valence electrons. The number of imide groups is 1. The SMILES string of the molecule is C=CCOC(=O)Nc1nn(CCCNC(=O)OC(C)(C)C)cc1-c1ccc(OCC(ON2C(=O)c3ccccc3C2=O)C(=O)OC(C)(C)C)cc1. The number of alkyl carbamates (subject to hydrolysis) is 1. The first kappa shape index (κ1) is 38.1. The number of carbonyl (C=O) groups is 5.